The monoisotopic (exact) mass is 336 g/mol. The van der Waals surface area contributed by atoms with Crippen LogP contribution in [0, 0.1) is 0 Å². The van der Waals surface area contributed by atoms with Gasteiger partial charge in [0.2, 0.25) is 6.79 Å². The van der Waals surface area contributed by atoms with E-state index in [4.69, 9.17) is 25.8 Å². The average molecular weight is 337 g/mol. The Bertz CT molecular complexity index is 771. The highest BCUT2D eigenvalue weighted by Gasteiger charge is 2.21. The van der Waals surface area contributed by atoms with E-state index in [1.54, 1.807) is 19.1 Å². The number of aromatic nitrogens is 2. The highest BCUT2D eigenvalue weighted by molar-refractivity contribution is 6.31. The highest BCUT2D eigenvalue weighted by atomic mass is 35.5. The molecule has 1 aliphatic heterocycles. The van der Waals surface area contributed by atoms with Gasteiger partial charge in [0.1, 0.15) is 5.69 Å². The Labute approximate surface area is 136 Å². The zero-order valence-electron chi connectivity index (χ0n) is 12.2. The quantitative estimate of drug-likeness (QED) is 0.615. The van der Waals surface area contributed by atoms with Crippen LogP contribution in [0.2, 0.25) is 5.02 Å². The van der Waals surface area contributed by atoms with E-state index in [9.17, 15) is 9.59 Å². The van der Waals surface area contributed by atoms with Gasteiger partial charge in [-0.1, -0.05) is 11.6 Å². The van der Waals surface area contributed by atoms with Crippen LogP contribution in [0.1, 0.15) is 33.6 Å². The van der Waals surface area contributed by atoms with Gasteiger partial charge < -0.3 is 18.8 Å². The first-order valence-corrected chi connectivity index (χ1v) is 7.27. The minimum absolute atomic E-state index is 0.113. The zero-order chi connectivity index (χ0) is 16.4. The smallest absolute Gasteiger partial charge is 0.356 e. The maximum atomic E-state index is 12.0. The van der Waals surface area contributed by atoms with Gasteiger partial charge in [-0.05, 0) is 18.6 Å². The Morgan fingerprint density at radius 2 is 2.17 bits per heavy atom. The van der Waals surface area contributed by atoms with E-state index < -0.39 is 5.97 Å². The van der Waals surface area contributed by atoms with Crippen LogP contribution in [-0.2, 0) is 11.3 Å². The van der Waals surface area contributed by atoms with Crippen molar-refractivity contribution in [1.29, 1.82) is 0 Å². The summed E-state index contributed by atoms with van der Waals surface area (Å²) in [5, 5.41) is 0.439. The van der Waals surface area contributed by atoms with Crippen LogP contribution in [-0.4, -0.2) is 35.2 Å². The fourth-order valence-electron chi connectivity index (χ4n) is 2.27. The molecule has 7 nitrogen and oxygen atoms in total. The van der Waals surface area contributed by atoms with Crippen LogP contribution in [0.15, 0.2) is 18.3 Å². The van der Waals surface area contributed by atoms with Crippen LogP contribution >= 0.6 is 11.6 Å². The summed E-state index contributed by atoms with van der Waals surface area (Å²) < 4.78 is 17.0. The lowest BCUT2D eigenvalue weighted by atomic mass is 10.2. The average Bonchev–Trinajstić information content (AvgIpc) is 3.14. The number of fused-ring (bicyclic) bond motifs is 1. The van der Waals surface area contributed by atoms with Gasteiger partial charge in [0.15, 0.2) is 23.6 Å². The van der Waals surface area contributed by atoms with Crippen molar-refractivity contribution in [2.24, 2.45) is 0 Å². The Morgan fingerprint density at radius 1 is 1.43 bits per heavy atom. The first-order chi connectivity index (χ1) is 11.1. The van der Waals surface area contributed by atoms with Crippen LogP contribution < -0.4 is 9.47 Å². The van der Waals surface area contributed by atoms with E-state index in [2.05, 4.69) is 4.98 Å². The normalized spacial score (nSPS) is 12.3. The molecule has 0 amide bonds. The first-order valence-electron chi connectivity index (χ1n) is 6.90. The van der Waals surface area contributed by atoms with Gasteiger partial charge in [0.05, 0.1) is 19.3 Å². The minimum atomic E-state index is -0.551. The molecule has 0 spiro atoms. The Kier molecular flexibility index (Phi) is 4.20. The van der Waals surface area contributed by atoms with Gasteiger partial charge in [-0.3, -0.25) is 4.79 Å². The second kappa shape index (κ2) is 6.29. The van der Waals surface area contributed by atoms with Crippen molar-refractivity contribution >= 4 is 23.9 Å². The summed E-state index contributed by atoms with van der Waals surface area (Å²) in [5.74, 6) is 0.687. The number of esters is 1. The Hall–Kier alpha value is -2.54. The Balaban J connectivity index is 1.98. The molecule has 23 heavy (non-hydrogen) atoms. The van der Waals surface area contributed by atoms with Gasteiger partial charge in [0, 0.05) is 11.1 Å². The molecule has 1 aliphatic rings. The molecular formula is C15H13ClN2O5. The summed E-state index contributed by atoms with van der Waals surface area (Å²) in [6.45, 7) is 2.24. The third-order valence-corrected chi connectivity index (χ3v) is 3.70. The number of aldehydes is 1. The largest absolute Gasteiger partial charge is 0.461 e. The van der Waals surface area contributed by atoms with Crippen molar-refractivity contribution in [3.63, 3.8) is 0 Å². The van der Waals surface area contributed by atoms with Crippen molar-refractivity contribution < 1.29 is 23.8 Å². The van der Waals surface area contributed by atoms with Crippen LogP contribution in [0.5, 0.6) is 11.5 Å². The standard InChI is InChI=1S/C15H13ClN2O5/c1-2-21-15(20)11-5-17-14(7-19)18(11)6-9-3-12-13(4-10(9)16)23-8-22-12/h3-5,7H,2,6,8H2,1H3. The molecule has 0 saturated carbocycles. The first kappa shape index (κ1) is 15.4. The van der Waals surface area contributed by atoms with Crippen LogP contribution in [0.25, 0.3) is 0 Å². The van der Waals surface area contributed by atoms with Crippen molar-refractivity contribution in [3.8, 4) is 11.5 Å². The maximum Gasteiger partial charge on any atom is 0.356 e. The van der Waals surface area contributed by atoms with Crippen molar-refractivity contribution in [1.82, 2.24) is 9.55 Å². The molecule has 0 fully saturated rings. The molecule has 1 aromatic heterocycles. The fraction of sp³-hybridized carbons (Fsp3) is 0.267. The zero-order valence-corrected chi connectivity index (χ0v) is 13.0. The molecule has 0 atom stereocenters. The lowest BCUT2D eigenvalue weighted by Gasteiger charge is -2.11. The lowest BCUT2D eigenvalue weighted by Crippen LogP contribution is -2.15. The number of hydrogen-bond donors (Lipinski definition) is 0. The van der Waals surface area contributed by atoms with E-state index in [1.165, 1.54) is 10.8 Å². The third-order valence-electron chi connectivity index (χ3n) is 3.35. The van der Waals surface area contributed by atoms with Gasteiger partial charge >= 0.3 is 5.97 Å². The topological polar surface area (TPSA) is 79.7 Å². The van der Waals surface area contributed by atoms with Gasteiger partial charge in [0.25, 0.3) is 0 Å². The highest BCUT2D eigenvalue weighted by Crippen LogP contribution is 2.37. The Morgan fingerprint density at radius 3 is 2.87 bits per heavy atom. The number of carbonyl (C=O) groups is 2. The second-order valence-electron chi connectivity index (χ2n) is 4.72. The van der Waals surface area contributed by atoms with E-state index >= 15 is 0 Å². The number of nitrogens with zero attached hydrogens (tertiary/aromatic N) is 2. The van der Waals surface area contributed by atoms with Crippen molar-refractivity contribution in [3.05, 3.63) is 40.4 Å². The van der Waals surface area contributed by atoms with Crippen LogP contribution in [0.3, 0.4) is 0 Å². The summed E-state index contributed by atoms with van der Waals surface area (Å²) in [6.07, 6.45) is 1.88. The number of hydrogen-bond acceptors (Lipinski definition) is 6. The lowest BCUT2D eigenvalue weighted by molar-refractivity contribution is 0.0514. The predicted molar refractivity (Wildman–Crippen MR) is 80.2 cm³/mol. The predicted octanol–water partition coefficient (Wildman–Crippen LogP) is 2.30. The molecule has 0 N–H and O–H groups in total. The van der Waals surface area contributed by atoms with Crippen molar-refractivity contribution in [2.75, 3.05) is 13.4 Å². The summed E-state index contributed by atoms with van der Waals surface area (Å²) in [5.41, 5.74) is 0.852. The molecule has 0 bridgehead atoms. The molecule has 0 saturated heterocycles. The third kappa shape index (κ3) is 2.87. The maximum absolute atomic E-state index is 12.0. The van der Waals surface area contributed by atoms with E-state index in [0.29, 0.717) is 28.4 Å². The summed E-state index contributed by atoms with van der Waals surface area (Å²) in [6, 6.07) is 3.36. The molecule has 2 heterocycles. The van der Waals surface area contributed by atoms with Gasteiger partial charge in [-0.2, -0.15) is 0 Å². The number of rotatable bonds is 5. The molecule has 0 aliphatic carbocycles. The molecule has 2 aromatic rings. The number of imidazole rings is 1. The summed E-state index contributed by atoms with van der Waals surface area (Å²) >= 11 is 6.24. The summed E-state index contributed by atoms with van der Waals surface area (Å²) in [7, 11) is 0. The molecule has 0 radical (unpaired) electrons. The SMILES string of the molecule is CCOC(=O)c1cnc(C=O)n1Cc1cc2c(cc1Cl)OCO2. The number of ether oxygens (including phenoxy) is 3. The number of benzene rings is 1. The molecule has 8 heteroatoms. The van der Waals surface area contributed by atoms with Gasteiger partial charge in [-0.25, -0.2) is 9.78 Å². The molecule has 1 aromatic carbocycles. The van der Waals surface area contributed by atoms with Crippen molar-refractivity contribution in [2.45, 2.75) is 13.5 Å². The van der Waals surface area contributed by atoms with E-state index in [0.717, 1.165) is 0 Å². The number of halogens is 1. The van der Waals surface area contributed by atoms with E-state index in [-0.39, 0.29) is 31.5 Å². The van der Waals surface area contributed by atoms with Gasteiger partial charge in [-0.15, -0.1) is 0 Å². The minimum Gasteiger partial charge on any atom is -0.461 e. The second-order valence-corrected chi connectivity index (χ2v) is 5.13. The van der Waals surface area contributed by atoms with E-state index in [1.807, 2.05) is 0 Å². The van der Waals surface area contributed by atoms with Crippen LogP contribution in [0.4, 0.5) is 0 Å². The molecular weight excluding hydrogens is 324 g/mol. The fourth-order valence-corrected chi connectivity index (χ4v) is 2.48. The molecule has 0 unspecified atom stereocenters. The number of carbonyl (C=O) groups excluding carboxylic acids is 2. The molecule has 3 rings (SSSR count). The molecule has 120 valence electrons. The summed E-state index contributed by atoms with van der Waals surface area (Å²) in [4.78, 5) is 27.1.